The van der Waals surface area contributed by atoms with Gasteiger partial charge in [-0.2, -0.15) is 26.3 Å². The molecule has 5 nitrogen and oxygen atoms in total. The molecule has 0 saturated carbocycles. The molecule has 172 valence electrons. The number of carbonyl (C=O) groups is 1. The summed E-state index contributed by atoms with van der Waals surface area (Å²) >= 11 is 5.46. The van der Waals surface area contributed by atoms with Crippen molar-refractivity contribution in [2.24, 2.45) is 5.16 Å². The van der Waals surface area contributed by atoms with E-state index in [9.17, 15) is 35.5 Å². The van der Waals surface area contributed by atoms with Crippen LogP contribution in [0.3, 0.4) is 0 Å². The van der Waals surface area contributed by atoms with Gasteiger partial charge in [0.05, 0.1) is 29.8 Å². The third-order valence-corrected chi connectivity index (χ3v) is 5.04. The minimum atomic E-state index is -5.37. The average molecular weight is 485 g/mol. The van der Waals surface area contributed by atoms with Crippen LogP contribution >= 0.6 is 11.6 Å². The van der Waals surface area contributed by atoms with Crippen molar-refractivity contribution in [3.8, 4) is 0 Å². The molecule has 3 rings (SSSR count). The number of oxime groups is 1. The van der Waals surface area contributed by atoms with Gasteiger partial charge < -0.3 is 9.57 Å². The number of benzene rings is 1. The smallest absolute Gasteiger partial charge is 0.435 e. The number of pyridine rings is 1. The first kappa shape index (κ1) is 23.8. The molecule has 2 aromatic rings. The summed E-state index contributed by atoms with van der Waals surface area (Å²) in [4.78, 5) is 20.0. The predicted octanol–water partition coefficient (Wildman–Crippen LogP) is 5.57. The van der Waals surface area contributed by atoms with Gasteiger partial charge in [0.2, 0.25) is 0 Å². The van der Waals surface area contributed by atoms with Crippen LogP contribution in [-0.2, 0) is 21.4 Å². The van der Waals surface area contributed by atoms with Crippen molar-refractivity contribution in [2.75, 3.05) is 7.11 Å². The van der Waals surface area contributed by atoms with Crippen molar-refractivity contribution >= 4 is 23.3 Å². The van der Waals surface area contributed by atoms with E-state index in [-0.39, 0.29) is 34.7 Å². The number of rotatable bonds is 3. The molecular weight excluding hydrogens is 473 g/mol. The first-order chi connectivity index (χ1) is 14.7. The molecular formula is C19H12ClF7N2O3. The Bertz CT molecular complexity index is 1120. The Morgan fingerprint density at radius 2 is 1.84 bits per heavy atom. The normalized spacial score (nSPS) is 18.9. The number of esters is 1. The second-order valence-electron chi connectivity index (χ2n) is 6.83. The molecule has 0 amide bonds. The lowest BCUT2D eigenvalue weighted by molar-refractivity contribution is -0.276. The molecule has 0 fully saturated rings. The number of carbonyl (C=O) groups excluding carboxylic acids is 1. The standard InChI is InChI=1S/C19H12ClF7N2O3/c1-8-3-9(7-28-15(8)16(30)31-2)13-6-17(32-29-13,19(25,26)27)11-4-10(18(22,23)24)5-12(20)14(11)21/h3-5,7H,6H2,1-2H3. The summed E-state index contributed by atoms with van der Waals surface area (Å²) in [6, 6.07) is 1.44. The van der Waals surface area contributed by atoms with E-state index >= 15 is 0 Å². The highest BCUT2D eigenvalue weighted by Gasteiger charge is 2.64. The van der Waals surface area contributed by atoms with Crippen molar-refractivity contribution in [2.45, 2.75) is 31.3 Å². The van der Waals surface area contributed by atoms with Crippen LogP contribution in [0.1, 0.15) is 39.2 Å². The van der Waals surface area contributed by atoms with Gasteiger partial charge >= 0.3 is 18.3 Å². The van der Waals surface area contributed by atoms with E-state index in [1.807, 2.05) is 0 Å². The summed E-state index contributed by atoms with van der Waals surface area (Å²) in [5.74, 6) is -2.51. The summed E-state index contributed by atoms with van der Waals surface area (Å²) < 4.78 is 101. The topological polar surface area (TPSA) is 60.8 Å². The highest BCUT2D eigenvalue weighted by molar-refractivity contribution is 6.30. The monoisotopic (exact) mass is 484 g/mol. The van der Waals surface area contributed by atoms with Gasteiger partial charge in [0.25, 0.3) is 5.60 Å². The zero-order chi connectivity index (χ0) is 24.1. The van der Waals surface area contributed by atoms with Crippen molar-refractivity contribution in [1.82, 2.24) is 4.98 Å². The number of methoxy groups -OCH3 is 1. The van der Waals surface area contributed by atoms with Crippen molar-refractivity contribution in [3.63, 3.8) is 0 Å². The van der Waals surface area contributed by atoms with Gasteiger partial charge in [-0.1, -0.05) is 16.8 Å². The van der Waals surface area contributed by atoms with Crippen LogP contribution in [0, 0.1) is 12.7 Å². The van der Waals surface area contributed by atoms with Gasteiger partial charge in [0.1, 0.15) is 5.82 Å². The van der Waals surface area contributed by atoms with Crippen molar-refractivity contribution in [1.29, 1.82) is 0 Å². The van der Waals surface area contributed by atoms with Crippen LogP contribution in [0.5, 0.6) is 0 Å². The highest BCUT2D eigenvalue weighted by atomic mass is 35.5. The van der Waals surface area contributed by atoms with Crippen molar-refractivity contribution in [3.05, 3.63) is 63.2 Å². The maximum absolute atomic E-state index is 14.6. The Morgan fingerprint density at radius 3 is 2.38 bits per heavy atom. The minimum Gasteiger partial charge on any atom is -0.464 e. The van der Waals surface area contributed by atoms with E-state index in [1.54, 1.807) is 0 Å². The lowest BCUT2D eigenvalue weighted by Crippen LogP contribution is -2.43. The molecule has 1 aliphatic heterocycles. The fraction of sp³-hybridized carbons (Fsp3) is 0.316. The molecule has 1 aliphatic rings. The molecule has 0 bridgehead atoms. The number of aromatic nitrogens is 1. The third-order valence-electron chi connectivity index (χ3n) is 4.77. The number of hydrogen-bond donors (Lipinski definition) is 0. The lowest BCUT2D eigenvalue weighted by Gasteiger charge is -2.30. The molecule has 0 spiro atoms. The summed E-state index contributed by atoms with van der Waals surface area (Å²) in [6.07, 6.45) is -10.6. The number of hydrogen-bond acceptors (Lipinski definition) is 5. The Morgan fingerprint density at radius 1 is 1.19 bits per heavy atom. The molecule has 0 aliphatic carbocycles. The predicted molar refractivity (Wildman–Crippen MR) is 96.7 cm³/mol. The van der Waals surface area contributed by atoms with E-state index in [1.165, 1.54) is 13.0 Å². The minimum absolute atomic E-state index is 0.00296. The van der Waals surface area contributed by atoms with Gasteiger partial charge in [0.15, 0.2) is 5.69 Å². The molecule has 0 radical (unpaired) electrons. The molecule has 1 aromatic heterocycles. The average Bonchev–Trinajstić information content (AvgIpc) is 3.15. The maximum Gasteiger partial charge on any atom is 0.435 e. The largest absolute Gasteiger partial charge is 0.464 e. The number of aryl methyl sites for hydroxylation is 1. The van der Waals surface area contributed by atoms with Crippen molar-refractivity contribution < 1.29 is 45.1 Å². The Labute approximate surface area is 180 Å². The fourth-order valence-electron chi connectivity index (χ4n) is 3.13. The Hall–Kier alpha value is -2.89. The van der Waals surface area contributed by atoms with E-state index in [0.29, 0.717) is 0 Å². The third kappa shape index (κ3) is 3.98. The second kappa shape index (κ2) is 7.91. The zero-order valence-electron chi connectivity index (χ0n) is 16.2. The van der Waals surface area contributed by atoms with Gasteiger partial charge in [-0.05, 0) is 30.7 Å². The van der Waals surface area contributed by atoms with Gasteiger partial charge in [-0.3, -0.25) is 0 Å². The highest BCUT2D eigenvalue weighted by Crippen LogP contribution is 2.51. The molecule has 2 heterocycles. The summed E-state index contributed by atoms with van der Waals surface area (Å²) in [6.45, 7) is 1.43. The van der Waals surface area contributed by atoms with Crippen LogP contribution in [-0.4, -0.2) is 30.0 Å². The molecule has 0 saturated heterocycles. The van der Waals surface area contributed by atoms with Crippen LogP contribution in [0.25, 0.3) is 0 Å². The number of alkyl halides is 6. The van der Waals surface area contributed by atoms with E-state index in [0.717, 1.165) is 13.3 Å². The van der Waals surface area contributed by atoms with E-state index in [4.69, 9.17) is 11.6 Å². The van der Waals surface area contributed by atoms with Crippen LogP contribution in [0.4, 0.5) is 30.7 Å². The Balaban J connectivity index is 2.10. The number of halogens is 8. The summed E-state index contributed by atoms with van der Waals surface area (Å²) in [5, 5.41) is 2.19. The zero-order valence-corrected chi connectivity index (χ0v) is 16.9. The first-order valence-electron chi connectivity index (χ1n) is 8.65. The molecule has 32 heavy (non-hydrogen) atoms. The SMILES string of the molecule is COC(=O)c1ncc(C2=NOC(c3cc(C(F)(F)F)cc(Cl)c3F)(C(F)(F)F)C2)cc1C. The second-order valence-corrected chi connectivity index (χ2v) is 7.24. The maximum atomic E-state index is 14.6. The summed E-state index contributed by atoms with van der Waals surface area (Å²) in [7, 11) is 1.11. The van der Waals surface area contributed by atoms with Gasteiger partial charge in [-0.15, -0.1) is 0 Å². The first-order valence-corrected chi connectivity index (χ1v) is 9.03. The van der Waals surface area contributed by atoms with Gasteiger partial charge in [-0.25, -0.2) is 14.2 Å². The molecule has 1 aromatic carbocycles. The molecule has 0 N–H and O–H groups in total. The molecule has 1 atom stereocenters. The van der Waals surface area contributed by atoms with Crippen LogP contribution < -0.4 is 0 Å². The molecule has 1 unspecified atom stereocenters. The van der Waals surface area contributed by atoms with Crippen LogP contribution in [0.15, 0.2) is 29.6 Å². The fourth-order valence-corrected chi connectivity index (χ4v) is 3.35. The quantitative estimate of drug-likeness (QED) is 0.422. The van der Waals surface area contributed by atoms with Crippen LogP contribution in [0.2, 0.25) is 5.02 Å². The van der Waals surface area contributed by atoms with E-state index < -0.39 is 52.3 Å². The Kier molecular flexibility index (Phi) is 5.87. The number of ether oxygens (including phenoxy) is 1. The van der Waals surface area contributed by atoms with E-state index in [2.05, 4.69) is 19.7 Å². The number of nitrogens with zero attached hydrogens (tertiary/aromatic N) is 2. The lowest BCUT2D eigenvalue weighted by atomic mass is 9.85. The van der Waals surface area contributed by atoms with Gasteiger partial charge in [0, 0.05) is 17.3 Å². The molecule has 13 heteroatoms. The summed E-state index contributed by atoms with van der Waals surface area (Å²) in [5.41, 5.74) is -6.86.